The Hall–Kier alpha value is -4.02. The third-order valence-electron chi connectivity index (χ3n) is 5.88. The Bertz CT molecular complexity index is 1840. The minimum Gasteiger partial charge on any atom is -0.398 e. The van der Waals surface area contributed by atoms with E-state index >= 15 is 0 Å². The molecule has 0 N–H and O–H groups in total. The number of rotatable bonds is 9. The average Bonchev–Trinajstić information content (AvgIpc) is 3.29. The van der Waals surface area contributed by atoms with Gasteiger partial charge in [-0.15, -0.1) is 0 Å². The van der Waals surface area contributed by atoms with Crippen molar-refractivity contribution in [1.29, 1.82) is 0 Å². The highest BCUT2D eigenvalue weighted by Gasteiger charge is 2.26. The zero-order chi connectivity index (χ0) is 26.7. The molecular formula is C30H21O6S3+. The molecule has 6 nitrogen and oxygen atoms in total. The van der Waals surface area contributed by atoms with Crippen molar-refractivity contribution in [1.82, 2.24) is 0 Å². The highest BCUT2D eigenvalue weighted by atomic mass is 32.2. The van der Waals surface area contributed by atoms with E-state index in [9.17, 15) is 8.42 Å². The molecule has 0 aliphatic heterocycles. The number of para-hydroxylation sites is 1. The molecule has 194 valence electrons. The Labute approximate surface area is 232 Å². The molecular weight excluding hydrogens is 553 g/mol. The van der Waals surface area contributed by atoms with E-state index in [1.165, 1.54) is 12.1 Å². The molecule has 0 bridgehead atoms. The van der Waals surface area contributed by atoms with E-state index in [1.54, 1.807) is 42.5 Å². The SMILES string of the molecule is O=S(=O)(Oc1ccc2c(c1)c1cc(OSOOc3ccccc3)ccc1[s+]2-c1ccccc1)c1ccccc1. The summed E-state index contributed by atoms with van der Waals surface area (Å²) in [4.78, 5) is 6.47. The van der Waals surface area contributed by atoms with E-state index in [4.69, 9.17) is 17.6 Å². The van der Waals surface area contributed by atoms with Crippen molar-refractivity contribution in [2.75, 3.05) is 0 Å². The lowest BCUT2D eigenvalue weighted by Gasteiger charge is -2.06. The summed E-state index contributed by atoms with van der Waals surface area (Å²) in [7, 11) is -4.35. The van der Waals surface area contributed by atoms with Crippen LogP contribution < -0.4 is 13.3 Å². The van der Waals surface area contributed by atoms with Gasteiger partial charge in [0.25, 0.3) is 12.3 Å². The molecule has 0 fully saturated rings. The van der Waals surface area contributed by atoms with Gasteiger partial charge in [-0.2, -0.15) is 8.42 Å². The quantitative estimate of drug-likeness (QED) is 0.0429. The molecule has 1 atom stereocenters. The second kappa shape index (κ2) is 11.0. The van der Waals surface area contributed by atoms with Gasteiger partial charge in [-0.1, -0.05) is 58.9 Å². The molecule has 9 heteroatoms. The third-order valence-corrected chi connectivity index (χ3v) is 9.86. The average molecular weight is 574 g/mol. The van der Waals surface area contributed by atoms with Gasteiger partial charge in [0, 0.05) is 22.6 Å². The van der Waals surface area contributed by atoms with Crippen LogP contribution in [0.25, 0.3) is 25.1 Å². The maximum Gasteiger partial charge on any atom is 0.339 e. The topological polar surface area (TPSA) is 71.1 Å². The standard InChI is InChI=1S/C30H21O6S3/c31-39(32,26-14-8-3-9-15-26)35-24-17-19-30-28(21-24)27-20-23(34-37-36-33-22-10-4-1-5-11-22)16-18-29(27)38(30)25-12-6-2-7-13-25/h1-21H/q+1. The van der Waals surface area contributed by atoms with Crippen LogP contribution in [0.2, 0.25) is 0 Å². The van der Waals surface area contributed by atoms with E-state index in [0.717, 1.165) is 25.1 Å². The predicted molar refractivity (Wildman–Crippen MR) is 156 cm³/mol. The summed E-state index contributed by atoms with van der Waals surface area (Å²) in [5, 5.41) is 1.82. The van der Waals surface area contributed by atoms with E-state index in [2.05, 4.69) is 12.1 Å². The first-order valence-electron chi connectivity index (χ1n) is 11.9. The largest absolute Gasteiger partial charge is 0.398 e. The van der Waals surface area contributed by atoms with Crippen molar-refractivity contribution < 1.29 is 26.0 Å². The molecule has 0 aliphatic rings. The van der Waals surface area contributed by atoms with Crippen LogP contribution in [0.3, 0.4) is 0 Å². The summed E-state index contributed by atoms with van der Waals surface area (Å²) >= 11 is 0.710. The zero-order valence-electron chi connectivity index (χ0n) is 20.3. The van der Waals surface area contributed by atoms with Crippen LogP contribution in [0.4, 0.5) is 0 Å². The van der Waals surface area contributed by atoms with Gasteiger partial charge in [0.05, 0.1) is 10.8 Å². The molecule has 0 saturated heterocycles. The van der Waals surface area contributed by atoms with Gasteiger partial charge in [0.1, 0.15) is 16.4 Å². The monoisotopic (exact) mass is 573 g/mol. The molecule has 6 aromatic rings. The molecule has 0 amide bonds. The van der Waals surface area contributed by atoms with E-state index < -0.39 is 10.1 Å². The third kappa shape index (κ3) is 5.43. The Morgan fingerprint density at radius 2 is 1.15 bits per heavy atom. The number of hydrogen-bond donors (Lipinski definition) is 0. The molecule has 1 heterocycles. The van der Waals surface area contributed by atoms with Crippen molar-refractivity contribution in [3.63, 3.8) is 0 Å². The first-order chi connectivity index (χ1) is 19.1. The first kappa shape index (κ1) is 25.3. The van der Waals surface area contributed by atoms with Gasteiger partial charge in [-0.05, 0) is 60.7 Å². The smallest absolute Gasteiger partial charge is 0.339 e. The second-order valence-electron chi connectivity index (χ2n) is 8.40. The van der Waals surface area contributed by atoms with E-state index in [1.807, 2.05) is 60.7 Å². The molecule has 39 heavy (non-hydrogen) atoms. The maximum atomic E-state index is 12.9. The highest BCUT2D eigenvalue weighted by Crippen LogP contribution is 2.50. The summed E-state index contributed by atoms with van der Waals surface area (Å²) < 4.78 is 44.3. The lowest BCUT2D eigenvalue weighted by atomic mass is 10.1. The summed E-state index contributed by atoms with van der Waals surface area (Å²) in [6, 6.07) is 38.7. The lowest BCUT2D eigenvalue weighted by molar-refractivity contribution is -0.0833. The molecule has 0 aliphatic carbocycles. The van der Waals surface area contributed by atoms with Crippen molar-refractivity contribution in [3.05, 3.63) is 127 Å². The summed E-state index contributed by atoms with van der Waals surface area (Å²) in [5.74, 6) is 1.35. The fourth-order valence-electron chi connectivity index (χ4n) is 4.17. The normalized spacial score (nSPS) is 11.9. The van der Waals surface area contributed by atoms with E-state index in [-0.39, 0.29) is 21.1 Å². The maximum absolute atomic E-state index is 12.9. The zero-order valence-corrected chi connectivity index (χ0v) is 22.7. The Balaban J connectivity index is 1.36. The van der Waals surface area contributed by atoms with Crippen LogP contribution >= 0.6 is 22.8 Å². The minimum atomic E-state index is -3.98. The predicted octanol–water partition coefficient (Wildman–Crippen LogP) is 8.45. The Morgan fingerprint density at radius 3 is 1.82 bits per heavy atom. The molecule has 0 spiro atoms. The number of benzene rings is 5. The van der Waals surface area contributed by atoms with Crippen LogP contribution in [0, 0.1) is 0 Å². The number of thiophene rings is 1. The van der Waals surface area contributed by atoms with Crippen LogP contribution in [-0.4, -0.2) is 8.42 Å². The molecule has 0 radical (unpaired) electrons. The second-order valence-corrected chi connectivity index (χ2v) is 12.4. The summed E-state index contributed by atoms with van der Waals surface area (Å²) in [5.41, 5.74) is 0. The lowest BCUT2D eigenvalue weighted by Crippen LogP contribution is -2.09. The van der Waals surface area contributed by atoms with Gasteiger partial charge >= 0.3 is 10.1 Å². The van der Waals surface area contributed by atoms with Crippen molar-refractivity contribution in [3.8, 4) is 22.1 Å². The van der Waals surface area contributed by atoms with Crippen molar-refractivity contribution >= 4 is 53.1 Å². The fraction of sp³-hybridized carbons (Fsp3) is 0. The molecule has 1 aromatic heterocycles. The fourth-order valence-corrected chi connectivity index (χ4v) is 7.79. The van der Waals surface area contributed by atoms with Crippen LogP contribution in [0.15, 0.2) is 132 Å². The van der Waals surface area contributed by atoms with Gasteiger partial charge in [-0.25, -0.2) is 0 Å². The van der Waals surface area contributed by atoms with Gasteiger partial charge in [0.15, 0.2) is 20.0 Å². The molecule has 5 aromatic carbocycles. The van der Waals surface area contributed by atoms with Crippen molar-refractivity contribution in [2.45, 2.75) is 4.90 Å². The summed E-state index contributed by atoms with van der Waals surface area (Å²) in [6.07, 6.45) is 0. The molecule has 1 unspecified atom stereocenters. The highest BCUT2D eigenvalue weighted by molar-refractivity contribution is 7.90. The van der Waals surface area contributed by atoms with Gasteiger partial charge < -0.3 is 13.3 Å². The van der Waals surface area contributed by atoms with E-state index in [0.29, 0.717) is 23.8 Å². The van der Waals surface area contributed by atoms with Crippen LogP contribution in [0.5, 0.6) is 17.2 Å². The minimum absolute atomic E-state index is 0.0976. The van der Waals surface area contributed by atoms with Crippen LogP contribution in [0.1, 0.15) is 0 Å². The summed E-state index contributed by atoms with van der Waals surface area (Å²) in [6.45, 7) is 0. The van der Waals surface area contributed by atoms with Gasteiger partial charge in [0.2, 0.25) is 0 Å². The number of fused-ring (bicyclic) bond motifs is 3. The Morgan fingerprint density at radius 1 is 0.590 bits per heavy atom. The van der Waals surface area contributed by atoms with Crippen molar-refractivity contribution in [2.24, 2.45) is 0 Å². The first-order valence-corrected chi connectivity index (χ1v) is 15.2. The van der Waals surface area contributed by atoms with Crippen LogP contribution in [-0.2, 0) is 14.5 Å². The molecule has 0 saturated carbocycles. The number of hydrogen-bond acceptors (Lipinski definition) is 7. The molecule has 6 rings (SSSR count). The van der Waals surface area contributed by atoms with Gasteiger partial charge in [-0.3, -0.25) is 0 Å². The Kier molecular flexibility index (Phi) is 7.12.